The van der Waals surface area contributed by atoms with Crippen LogP contribution in [0.5, 0.6) is 0 Å². The van der Waals surface area contributed by atoms with Gasteiger partial charge in [0.2, 0.25) is 0 Å². The van der Waals surface area contributed by atoms with Crippen molar-refractivity contribution in [3.8, 4) is 11.3 Å². The average molecular weight is 339 g/mol. The number of aromatic nitrogens is 1. The van der Waals surface area contributed by atoms with Gasteiger partial charge in [0, 0.05) is 21.1 Å². The number of rotatable bonds is 3. The Bertz CT molecular complexity index is 921. The highest BCUT2D eigenvalue weighted by atomic mass is 19.3. The summed E-state index contributed by atoms with van der Waals surface area (Å²) in [6, 6.07) is 16.1. The molecule has 3 nitrogen and oxygen atoms in total. The van der Waals surface area contributed by atoms with Gasteiger partial charge in [0.25, 0.3) is 0 Å². The highest BCUT2D eigenvalue weighted by Crippen LogP contribution is 2.30. The number of halogens is 1. The van der Waals surface area contributed by atoms with E-state index in [4.69, 9.17) is 0 Å². The molecule has 4 heteroatoms. The number of hydrogen-bond acceptors (Lipinski definition) is 2. The molecule has 1 aromatic heterocycles. The molecule has 1 unspecified atom stereocenters. The van der Waals surface area contributed by atoms with Crippen LogP contribution < -0.4 is 0 Å². The van der Waals surface area contributed by atoms with Crippen molar-refractivity contribution >= 4 is 16.9 Å². The van der Waals surface area contributed by atoms with E-state index in [9.17, 15) is 9.32 Å². The van der Waals surface area contributed by atoms with Crippen molar-refractivity contribution in [2.24, 2.45) is 0 Å². The SMILES string of the molecule is CC(C(=O)OF)c1ccc2[nH]c(-c3cccc(C(C)(C)C)c3)cc2c1. The molecule has 0 saturated carbocycles. The van der Waals surface area contributed by atoms with E-state index >= 15 is 0 Å². The molecule has 3 aromatic rings. The second-order valence-electron chi connectivity index (χ2n) is 7.48. The molecule has 0 amide bonds. The van der Waals surface area contributed by atoms with Crippen LogP contribution in [0, 0.1) is 0 Å². The fraction of sp³-hybridized carbons (Fsp3) is 0.286. The van der Waals surface area contributed by atoms with Crippen LogP contribution >= 0.6 is 0 Å². The van der Waals surface area contributed by atoms with Gasteiger partial charge in [-0.3, -0.25) is 4.94 Å². The quantitative estimate of drug-likeness (QED) is 0.668. The van der Waals surface area contributed by atoms with E-state index in [1.165, 1.54) is 5.56 Å². The van der Waals surface area contributed by atoms with Crippen molar-refractivity contribution in [3.05, 3.63) is 59.7 Å². The molecule has 2 aromatic carbocycles. The fourth-order valence-corrected chi connectivity index (χ4v) is 2.93. The Labute approximate surface area is 146 Å². The Morgan fingerprint density at radius 1 is 1.12 bits per heavy atom. The smallest absolute Gasteiger partial charge is 0.355 e. The summed E-state index contributed by atoms with van der Waals surface area (Å²) in [5.41, 5.74) is 5.17. The molecule has 25 heavy (non-hydrogen) atoms. The highest BCUT2D eigenvalue weighted by molar-refractivity contribution is 5.88. The number of fused-ring (bicyclic) bond motifs is 1. The number of benzene rings is 2. The fourth-order valence-electron chi connectivity index (χ4n) is 2.93. The van der Waals surface area contributed by atoms with Gasteiger partial charge in [0.05, 0.1) is 5.92 Å². The molecule has 0 spiro atoms. The van der Waals surface area contributed by atoms with Crippen LogP contribution in [0.25, 0.3) is 22.2 Å². The Morgan fingerprint density at radius 2 is 1.88 bits per heavy atom. The summed E-state index contributed by atoms with van der Waals surface area (Å²) in [7, 11) is 0. The Kier molecular flexibility index (Phi) is 4.38. The van der Waals surface area contributed by atoms with E-state index in [1.54, 1.807) is 6.92 Å². The lowest BCUT2D eigenvalue weighted by atomic mass is 9.86. The van der Waals surface area contributed by atoms with Gasteiger partial charge in [0.15, 0.2) is 0 Å². The second-order valence-corrected chi connectivity index (χ2v) is 7.48. The molecule has 0 bridgehead atoms. The van der Waals surface area contributed by atoms with Gasteiger partial charge in [-0.25, -0.2) is 4.79 Å². The molecule has 1 atom stereocenters. The Balaban J connectivity index is 2.01. The van der Waals surface area contributed by atoms with Crippen LogP contribution in [0.15, 0.2) is 48.5 Å². The number of H-pyrrole nitrogens is 1. The molecule has 0 aliphatic rings. The third-order valence-corrected chi connectivity index (χ3v) is 4.61. The topological polar surface area (TPSA) is 42.1 Å². The van der Waals surface area contributed by atoms with Gasteiger partial charge < -0.3 is 4.98 Å². The standard InChI is InChI=1S/C21H22FNO2/c1-13(20(24)25-22)14-8-9-18-16(10-14)12-19(23-18)15-6-5-7-17(11-15)21(2,3)4/h5-13,23H,1-4H3. The number of aromatic amines is 1. The van der Waals surface area contributed by atoms with Gasteiger partial charge in [0.1, 0.15) is 0 Å². The van der Waals surface area contributed by atoms with Crippen LogP contribution in [-0.4, -0.2) is 11.0 Å². The monoisotopic (exact) mass is 339 g/mol. The molecule has 130 valence electrons. The van der Waals surface area contributed by atoms with Crippen LogP contribution in [0.1, 0.15) is 44.7 Å². The van der Waals surface area contributed by atoms with E-state index < -0.39 is 11.9 Å². The minimum Gasteiger partial charge on any atom is -0.355 e. The molecule has 0 fully saturated rings. The lowest BCUT2D eigenvalue weighted by Crippen LogP contribution is -2.10. The zero-order valence-electron chi connectivity index (χ0n) is 14.9. The maximum Gasteiger partial charge on any atom is 0.355 e. The molecule has 1 N–H and O–H groups in total. The van der Waals surface area contributed by atoms with E-state index in [0.717, 1.165) is 27.7 Å². The van der Waals surface area contributed by atoms with Crippen LogP contribution in [0.2, 0.25) is 0 Å². The summed E-state index contributed by atoms with van der Waals surface area (Å²) in [5.74, 6) is -1.52. The first kappa shape index (κ1) is 17.2. The molecule has 1 heterocycles. The van der Waals surface area contributed by atoms with Crippen molar-refractivity contribution in [3.63, 3.8) is 0 Å². The van der Waals surface area contributed by atoms with E-state index in [2.05, 4.69) is 55.0 Å². The molecule has 3 rings (SSSR count). The van der Waals surface area contributed by atoms with Crippen LogP contribution in [0.4, 0.5) is 4.53 Å². The zero-order valence-corrected chi connectivity index (χ0v) is 14.9. The maximum absolute atomic E-state index is 12.1. The second kappa shape index (κ2) is 6.36. The lowest BCUT2D eigenvalue weighted by Gasteiger charge is -2.19. The molecule has 0 aliphatic heterocycles. The largest absolute Gasteiger partial charge is 0.355 e. The van der Waals surface area contributed by atoms with Gasteiger partial charge in [-0.05, 0) is 53.3 Å². The molecule has 0 radical (unpaired) electrons. The third-order valence-electron chi connectivity index (χ3n) is 4.61. The summed E-state index contributed by atoms with van der Waals surface area (Å²) in [5, 5.41) is 0.979. The van der Waals surface area contributed by atoms with Crippen molar-refractivity contribution in [2.75, 3.05) is 0 Å². The van der Waals surface area contributed by atoms with Gasteiger partial charge >= 0.3 is 5.97 Å². The van der Waals surface area contributed by atoms with Gasteiger partial charge in [-0.2, -0.15) is 0 Å². The van der Waals surface area contributed by atoms with E-state index in [-0.39, 0.29) is 5.41 Å². The predicted octanol–water partition coefficient (Wildman–Crippen LogP) is 5.66. The molecule has 0 saturated heterocycles. The summed E-state index contributed by atoms with van der Waals surface area (Å²) >= 11 is 0. The Hall–Kier alpha value is -2.62. The number of nitrogens with one attached hydrogen (secondary N) is 1. The van der Waals surface area contributed by atoms with Gasteiger partial charge in [-0.1, -0.05) is 45.0 Å². The van der Waals surface area contributed by atoms with Crippen molar-refractivity contribution < 1.29 is 14.3 Å². The summed E-state index contributed by atoms with van der Waals surface area (Å²) < 4.78 is 12.1. The summed E-state index contributed by atoms with van der Waals surface area (Å²) in [6.07, 6.45) is 0. The number of carbonyl (C=O) groups is 1. The molecular weight excluding hydrogens is 317 g/mol. The predicted molar refractivity (Wildman–Crippen MR) is 98.0 cm³/mol. The van der Waals surface area contributed by atoms with Crippen LogP contribution in [0.3, 0.4) is 0 Å². The third kappa shape index (κ3) is 3.43. The van der Waals surface area contributed by atoms with Crippen molar-refractivity contribution in [2.45, 2.75) is 39.0 Å². The average Bonchev–Trinajstić information content (AvgIpc) is 3.03. The normalized spacial score (nSPS) is 13.0. The van der Waals surface area contributed by atoms with E-state index in [0.29, 0.717) is 0 Å². The lowest BCUT2D eigenvalue weighted by molar-refractivity contribution is -0.185. The first-order valence-electron chi connectivity index (χ1n) is 8.35. The molecular formula is C21H22FNO2. The minimum atomic E-state index is -0.881. The van der Waals surface area contributed by atoms with E-state index in [1.807, 2.05) is 24.3 Å². The Morgan fingerprint density at radius 3 is 2.56 bits per heavy atom. The minimum absolute atomic E-state index is 0.0807. The molecule has 0 aliphatic carbocycles. The first-order valence-corrected chi connectivity index (χ1v) is 8.35. The highest BCUT2D eigenvalue weighted by Gasteiger charge is 2.19. The number of carbonyl (C=O) groups excluding carboxylic acids is 1. The number of hydrogen-bond donors (Lipinski definition) is 1. The summed E-state index contributed by atoms with van der Waals surface area (Å²) in [4.78, 5) is 18.2. The first-order chi connectivity index (χ1) is 11.8. The van der Waals surface area contributed by atoms with Crippen LogP contribution in [-0.2, 0) is 15.2 Å². The van der Waals surface area contributed by atoms with Crippen molar-refractivity contribution in [1.29, 1.82) is 0 Å². The van der Waals surface area contributed by atoms with Crippen molar-refractivity contribution in [1.82, 2.24) is 4.98 Å². The maximum atomic E-state index is 12.1. The van der Waals surface area contributed by atoms with Gasteiger partial charge in [-0.15, -0.1) is 0 Å². The summed E-state index contributed by atoms with van der Waals surface area (Å²) in [6.45, 7) is 8.20. The zero-order chi connectivity index (χ0) is 18.2.